The van der Waals surface area contributed by atoms with Gasteiger partial charge in [-0.2, -0.15) is 5.10 Å². The topological polar surface area (TPSA) is 54.5 Å². The molecule has 0 saturated carbocycles. The molecule has 0 atom stereocenters. The van der Waals surface area contributed by atoms with Crippen molar-refractivity contribution in [3.05, 3.63) is 55.1 Å². The summed E-state index contributed by atoms with van der Waals surface area (Å²) in [6.45, 7) is 0. The van der Waals surface area contributed by atoms with Crippen molar-refractivity contribution < 1.29 is 0 Å². The lowest BCUT2D eigenvalue weighted by molar-refractivity contribution is 1.09. The van der Waals surface area contributed by atoms with Crippen molar-refractivity contribution in [2.24, 2.45) is 0 Å². The molecule has 0 bridgehead atoms. The fourth-order valence-corrected chi connectivity index (χ4v) is 1.67. The summed E-state index contributed by atoms with van der Waals surface area (Å²) in [4.78, 5) is 8.42. The fourth-order valence-electron chi connectivity index (χ4n) is 1.67. The van der Waals surface area contributed by atoms with Gasteiger partial charge in [0.25, 0.3) is 0 Å². The van der Waals surface area contributed by atoms with Crippen molar-refractivity contribution >= 4 is 0 Å². The quantitative estimate of drug-likeness (QED) is 0.724. The summed E-state index contributed by atoms with van der Waals surface area (Å²) in [6.07, 6.45) is 7.15. The van der Waals surface area contributed by atoms with Crippen molar-refractivity contribution in [3.8, 4) is 22.5 Å². The molecule has 0 aliphatic carbocycles. The summed E-state index contributed by atoms with van der Waals surface area (Å²) in [5, 5.41) is 6.73. The first-order valence-corrected chi connectivity index (χ1v) is 5.30. The molecule has 2 aromatic heterocycles. The summed E-state index contributed by atoms with van der Waals surface area (Å²) < 4.78 is 0. The van der Waals surface area contributed by atoms with Crippen LogP contribution in [-0.4, -0.2) is 20.2 Å². The summed E-state index contributed by atoms with van der Waals surface area (Å²) in [6, 6.07) is 9.91. The number of H-pyrrole nitrogens is 1. The zero-order chi connectivity index (χ0) is 11.5. The molecule has 3 aromatic rings. The zero-order valence-electron chi connectivity index (χ0n) is 9.04. The molecule has 3 rings (SSSR count). The fraction of sp³-hybridized carbons (Fsp3) is 0. The molecule has 82 valence electrons. The van der Waals surface area contributed by atoms with Gasteiger partial charge in [0.15, 0.2) is 5.82 Å². The van der Waals surface area contributed by atoms with E-state index in [1.165, 1.54) is 0 Å². The molecule has 4 nitrogen and oxygen atoms in total. The van der Waals surface area contributed by atoms with Crippen molar-refractivity contribution in [1.82, 2.24) is 20.2 Å². The van der Waals surface area contributed by atoms with Crippen LogP contribution in [0, 0.1) is 0 Å². The normalized spacial score (nSPS) is 10.4. The Bertz CT molecular complexity index is 585. The molecule has 1 aromatic carbocycles. The van der Waals surface area contributed by atoms with Gasteiger partial charge < -0.3 is 0 Å². The van der Waals surface area contributed by atoms with E-state index in [1.54, 1.807) is 18.6 Å². The molecule has 0 fully saturated rings. The average Bonchev–Trinajstić information content (AvgIpc) is 2.94. The molecule has 0 spiro atoms. The Morgan fingerprint density at radius 1 is 0.824 bits per heavy atom. The third kappa shape index (κ3) is 1.92. The minimum atomic E-state index is 0.742. The summed E-state index contributed by atoms with van der Waals surface area (Å²) in [5.74, 6) is 0.742. The number of rotatable bonds is 2. The second kappa shape index (κ2) is 4.17. The van der Waals surface area contributed by atoms with Crippen LogP contribution in [0.1, 0.15) is 0 Å². The van der Waals surface area contributed by atoms with Crippen LogP contribution in [0.4, 0.5) is 0 Å². The minimum absolute atomic E-state index is 0.742. The number of nitrogens with one attached hydrogen (secondary N) is 1. The maximum atomic E-state index is 4.21. The maximum Gasteiger partial charge on any atom is 0.159 e. The van der Waals surface area contributed by atoms with Gasteiger partial charge in [0, 0.05) is 29.7 Å². The highest BCUT2D eigenvalue weighted by Crippen LogP contribution is 2.21. The highest BCUT2D eigenvalue weighted by molar-refractivity contribution is 5.66. The Morgan fingerprint density at radius 3 is 2.18 bits per heavy atom. The third-order valence-electron chi connectivity index (χ3n) is 2.54. The first-order valence-electron chi connectivity index (χ1n) is 5.30. The van der Waals surface area contributed by atoms with E-state index >= 15 is 0 Å². The van der Waals surface area contributed by atoms with Crippen molar-refractivity contribution in [3.63, 3.8) is 0 Å². The van der Waals surface area contributed by atoms with E-state index in [4.69, 9.17) is 0 Å². The van der Waals surface area contributed by atoms with Crippen LogP contribution >= 0.6 is 0 Å². The number of hydrogen-bond acceptors (Lipinski definition) is 3. The van der Waals surface area contributed by atoms with Crippen LogP contribution in [0.5, 0.6) is 0 Å². The van der Waals surface area contributed by atoms with Gasteiger partial charge in [-0.3, -0.25) is 5.10 Å². The molecule has 2 heterocycles. The lowest BCUT2D eigenvalue weighted by atomic mass is 10.1. The van der Waals surface area contributed by atoms with Crippen molar-refractivity contribution in [2.45, 2.75) is 0 Å². The second-order valence-corrected chi connectivity index (χ2v) is 3.64. The standard InChI is InChI=1S/C13H10N4/c1-6-14-13(15-7-1)11-4-2-10(3-5-11)12-8-16-17-9-12/h1-9H,(H,16,17). The number of benzene rings is 1. The lowest BCUT2D eigenvalue weighted by Crippen LogP contribution is -1.86. The predicted molar refractivity (Wildman–Crippen MR) is 65.0 cm³/mol. The predicted octanol–water partition coefficient (Wildman–Crippen LogP) is 2.53. The molecule has 4 heteroatoms. The maximum absolute atomic E-state index is 4.21. The largest absolute Gasteiger partial charge is 0.285 e. The molecule has 1 N–H and O–H groups in total. The molecule has 0 saturated heterocycles. The highest BCUT2D eigenvalue weighted by atomic mass is 15.1. The molecule has 0 aliphatic rings. The molecule has 0 unspecified atom stereocenters. The Balaban J connectivity index is 1.96. The highest BCUT2D eigenvalue weighted by Gasteiger charge is 2.01. The summed E-state index contributed by atoms with van der Waals surface area (Å²) in [7, 11) is 0. The lowest BCUT2D eigenvalue weighted by Gasteiger charge is -2.01. The van der Waals surface area contributed by atoms with Crippen molar-refractivity contribution in [2.75, 3.05) is 0 Å². The van der Waals surface area contributed by atoms with E-state index in [1.807, 2.05) is 36.5 Å². The van der Waals surface area contributed by atoms with E-state index in [2.05, 4.69) is 20.2 Å². The summed E-state index contributed by atoms with van der Waals surface area (Å²) in [5.41, 5.74) is 3.21. The first-order chi connectivity index (χ1) is 8.43. The molecule has 17 heavy (non-hydrogen) atoms. The number of aromatic nitrogens is 4. The van der Waals surface area contributed by atoms with E-state index < -0.39 is 0 Å². The third-order valence-corrected chi connectivity index (χ3v) is 2.54. The molecule has 0 radical (unpaired) electrons. The zero-order valence-corrected chi connectivity index (χ0v) is 9.04. The molecule has 0 amide bonds. The van der Waals surface area contributed by atoms with E-state index in [9.17, 15) is 0 Å². The van der Waals surface area contributed by atoms with E-state index in [-0.39, 0.29) is 0 Å². The smallest absolute Gasteiger partial charge is 0.159 e. The van der Waals surface area contributed by atoms with Crippen LogP contribution in [-0.2, 0) is 0 Å². The van der Waals surface area contributed by atoms with Gasteiger partial charge in [0.1, 0.15) is 0 Å². The van der Waals surface area contributed by atoms with Crippen LogP contribution in [0.15, 0.2) is 55.1 Å². The Labute approximate surface area is 98.4 Å². The van der Waals surface area contributed by atoms with Crippen molar-refractivity contribution in [1.29, 1.82) is 0 Å². The molecular formula is C13H10N4. The summed E-state index contributed by atoms with van der Waals surface area (Å²) >= 11 is 0. The SMILES string of the molecule is c1cnc(-c2ccc(-c3cn[nH]c3)cc2)nc1. The van der Waals surface area contributed by atoms with E-state index in [0.717, 1.165) is 22.5 Å². The average molecular weight is 222 g/mol. The van der Waals surface area contributed by atoms with Gasteiger partial charge >= 0.3 is 0 Å². The number of nitrogens with zero attached hydrogens (tertiary/aromatic N) is 3. The minimum Gasteiger partial charge on any atom is -0.285 e. The molecular weight excluding hydrogens is 212 g/mol. The Morgan fingerprint density at radius 2 is 1.53 bits per heavy atom. The van der Waals surface area contributed by atoms with Gasteiger partial charge in [-0.25, -0.2) is 9.97 Å². The first kappa shape index (κ1) is 9.72. The van der Waals surface area contributed by atoms with Gasteiger partial charge in [-0.15, -0.1) is 0 Å². The van der Waals surface area contributed by atoms with Gasteiger partial charge in [0.05, 0.1) is 6.20 Å². The Kier molecular flexibility index (Phi) is 2.38. The van der Waals surface area contributed by atoms with Crippen LogP contribution in [0.2, 0.25) is 0 Å². The van der Waals surface area contributed by atoms with Gasteiger partial charge in [-0.05, 0) is 11.6 Å². The van der Waals surface area contributed by atoms with Gasteiger partial charge in [0.2, 0.25) is 0 Å². The van der Waals surface area contributed by atoms with Crippen LogP contribution in [0.25, 0.3) is 22.5 Å². The Hall–Kier alpha value is -2.49. The van der Waals surface area contributed by atoms with E-state index in [0.29, 0.717) is 0 Å². The second-order valence-electron chi connectivity index (χ2n) is 3.64. The van der Waals surface area contributed by atoms with Crippen LogP contribution < -0.4 is 0 Å². The monoisotopic (exact) mass is 222 g/mol. The molecule has 0 aliphatic heterocycles. The van der Waals surface area contributed by atoms with Crippen LogP contribution in [0.3, 0.4) is 0 Å². The number of hydrogen-bond donors (Lipinski definition) is 1. The van der Waals surface area contributed by atoms with Gasteiger partial charge in [-0.1, -0.05) is 24.3 Å². The number of aromatic amines is 1.